The Morgan fingerprint density at radius 1 is 1.39 bits per heavy atom. The molecule has 0 amide bonds. The SMILES string of the molecule is CN(C(CN)C1CC1)S(=O)(=O)CC1CCCO1.Cl. The summed E-state index contributed by atoms with van der Waals surface area (Å²) >= 11 is 0. The Balaban J connectivity index is 0.00000162. The van der Waals surface area contributed by atoms with Crippen LogP contribution in [-0.4, -0.2) is 50.8 Å². The number of hydrogen-bond acceptors (Lipinski definition) is 4. The summed E-state index contributed by atoms with van der Waals surface area (Å²) in [5.41, 5.74) is 5.68. The van der Waals surface area contributed by atoms with Gasteiger partial charge in [0.2, 0.25) is 10.0 Å². The number of halogens is 1. The molecule has 0 radical (unpaired) electrons. The molecule has 1 aliphatic heterocycles. The van der Waals surface area contributed by atoms with Crippen LogP contribution in [0.25, 0.3) is 0 Å². The molecule has 108 valence electrons. The highest BCUT2D eigenvalue weighted by atomic mass is 35.5. The maximum Gasteiger partial charge on any atom is 0.216 e. The van der Waals surface area contributed by atoms with Crippen molar-refractivity contribution in [3.05, 3.63) is 0 Å². The Hall–Kier alpha value is 0.120. The van der Waals surface area contributed by atoms with Crippen molar-refractivity contribution in [2.75, 3.05) is 26.0 Å². The van der Waals surface area contributed by atoms with Crippen molar-refractivity contribution < 1.29 is 13.2 Å². The molecule has 0 aromatic carbocycles. The molecule has 0 aromatic rings. The van der Waals surface area contributed by atoms with Gasteiger partial charge in [-0.3, -0.25) is 0 Å². The lowest BCUT2D eigenvalue weighted by Crippen LogP contribution is -2.45. The minimum Gasteiger partial charge on any atom is -0.377 e. The van der Waals surface area contributed by atoms with E-state index in [0.717, 1.165) is 25.7 Å². The summed E-state index contributed by atoms with van der Waals surface area (Å²) in [7, 11) is -1.58. The van der Waals surface area contributed by atoms with Gasteiger partial charge in [-0.25, -0.2) is 12.7 Å². The third-order valence-corrected chi connectivity index (χ3v) is 5.68. The Labute approximate surface area is 116 Å². The fourth-order valence-corrected chi connectivity index (χ4v) is 4.09. The number of ether oxygens (including phenoxy) is 1. The molecule has 2 atom stereocenters. The molecule has 1 saturated carbocycles. The van der Waals surface area contributed by atoms with Crippen LogP contribution in [0.5, 0.6) is 0 Å². The number of nitrogens with zero attached hydrogens (tertiary/aromatic N) is 1. The van der Waals surface area contributed by atoms with Crippen molar-refractivity contribution in [2.24, 2.45) is 11.7 Å². The van der Waals surface area contributed by atoms with E-state index >= 15 is 0 Å². The van der Waals surface area contributed by atoms with E-state index in [-0.39, 0.29) is 30.3 Å². The number of rotatable bonds is 6. The number of likely N-dealkylation sites (N-methyl/N-ethyl adjacent to an activating group) is 1. The summed E-state index contributed by atoms with van der Waals surface area (Å²) in [5, 5.41) is 0. The minimum absolute atomic E-state index is 0. The van der Waals surface area contributed by atoms with Crippen LogP contribution < -0.4 is 5.73 Å². The van der Waals surface area contributed by atoms with E-state index in [4.69, 9.17) is 10.5 Å². The van der Waals surface area contributed by atoms with Gasteiger partial charge in [0.15, 0.2) is 0 Å². The van der Waals surface area contributed by atoms with Crippen LogP contribution >= 0.6 is 12.4 Å². The Morgan fingerprint density at radius 3 is 2.50 bits per heavy atom. The summed E-state index contributed by atoms with van der Waals surface area (Å²) in [5.74, 6) is 0.566. The van der Waals surface area contributed by atoms with E-state index in [2.05, 4.69) is 0 Å². The molecule has 2 fully saturated rings. The van der Waals surface area contributed by atoms with Gasteiger partial charge in [-0.1, -0.05) is 0 Å². The van der Waals surface area contributed by atoms with Gasteiger partial charge in [0.1, 0.15) is 0 Å². The monoisotopic (exact) mass is 298 g/mol. The molecule has 2 N–H and O–H groups in total. The van der Waals surface area contributed by atoms with Crippen LogP contribution in [-0.2, 0) is 14.8 Å². The predicted molar refractivity (Wildman–Crippen MR) is 73.3 cm³/mol. The number of hydrogen-bond donors (Lipinski definition) is 1. The summed E-state index contributed by atoms with van der Waals surface area (Å²) < 4.78 is 31.3. The van der Waals surface area contributed by atoms with E-state index in [1.807, 2.05) is 0 Å². The van der Waals surface area contributed by atoms with Crippen LogP contribution in [0.15, 0.2) is 0 Å². The average Bonchev–Trinajstić information content (AvgIpc) is 2.98. The zero-order chi connectivity index (χ0) is 12.5. The van der Waals surface area contributed by atoms with Crippen molar-refractivity contribution in [2.45, 2.75) is 37.8 Å². The van der Waals surface area contributed by atoms with Crippen LogP contribution in [0.4, 0.5) is 0 Å². The third-order valence-electron chi connectivity index (χ3n) is 3.73. The van der Waals surface area contributed by atoms with Crippen molar-refractivity contribution in [3.63, 3.8) is 0 Å². The molecule has 2 rings (SSSR count). The second-order valence-electron chi connectivity index (χ2n) is 5.07. The van der Waals surface area contributed by atoms with E-state index in [9.17, 15) is 8.42 Å². The zero-order valence-corrected chi connectivity index (χ0v) is 12.4. The molecule has 18 heavy (non-hydrogen) atoms. The topological polar surface area (TPSA) is 72.6 Å². The molecule has 7 heteroatoms. The fourth-order valence-electron chi connectivity index (χ4n) is 2.45. The minimum atomic E-state index is -3.23. The molecule has 0 bridgehead atoms. The lowest BCUT2D eigenvalue weighted by molar-refractivity contribution is 0.126. The molecule has 1 saturated heterocycles. The predicted octanol–water partition coefficient (Wildman–Crippen LogP) is 0.586. The first-order chi connectivity index (χ1) is 8.04. The number of nitrogens with two attached hydrogens (primary N) is 1. The lowest BCUT2D eigenvalue weighted by Gasteiger charge is -2.27. The van der Waals surface area contributed by atoms with Gasteiger partial charge in [-0.2, -0.15) is 0 Å². The zero-order valence-electron chi connectivity index (χ0n) is 10.7. The van der Waals surface area contributed by atoms with E-state index in [1.165, 1.54) is 4.31 Å². The standard InChI is InChI=1S/C11H22N2O3S.ClH/c1-13(11(7-12)9-4-5-9)17(14,15)8-10-3-2-6-16-10;/h9-11H,2-8,12H2,1H3;1H. The van der Waals surface area contributed by atoms with Crippen LogP contribution in [0, 0.1) is 5.92 Å². The maximum absolute atomic E-state index is 12.2. The molecule has 0 aromatic heterocycles. The molecule has 1 heterocycles. The van der Waals surface area contributed by atoms with Gasteiger partial charge in [0.05, 0.1) is 11.9 Å². The molecule has 1 aliphatic carbocycles. The smallest absolute Gasteiger partial charge is 0.216 e. The van der Waals surface area contributed by atoms with Gasteiger partial charge in [0, 0.05) is 26.2 Å². The Kier molecular flexibility index (Phi) is 5.86. The first kappa shape index (κ1) is 16.2. The molecule has 2 aliphatic rings. The van der Waals surface area contributed by atoms with Crippen molar-refractivity contribution in [3.8, 4) is 0 Å². The molecular weight excluding hydrogens is 276 g/mol. The van der Waals surface area contributed by atoms with Gasteiger partial charge >= 0.3 is 0 Å². The van der Waals surface area contributed by atoms with E-state index < -0.39 is 10.0 Å². The summed E-state index contributed by atoms with van der Waals surface area (Å²) in [6, 6.07) is -0.0265. The first-order valence-corrected chi connectivity index (χ1v) is 7.93. The average molecular weight is 299 g/mol. The van der Waals surface area contributed by atoms with Gasteiger partial charge in [0.25, 0.3) is 0 Å². The largest absolute Gasteiger partial charge is 0.377 e. The lowest BCUT2D eigenvalue weighted by atomic mass is 10.2. The summed E-state index contributed by atoms with van der Waals surface area (Å²) in [6.45, 7) is 1.10. The quantitative estimate of drug-likeness (QED) is 0.779. The van der Waals surface area contributed by atoms with Gasteiger partial charge in [-0.15, -0.1) is 12.4 Å². The molecule has 2 unspecified atom stereocenters. The van der Waals surface area contributed by atoms with Gasteiger partial charge < -0.3 is 10.5 Å². The molecule has 5 nitrogen and oxygen atoms in total. The Bertz CT molecular complexity index is 353. The number of sulfonamides is 1. The molecular formula is C11H23ClN2O3S. The fraction of sp³-hybridized carbons (Fsp3) is 1.00. The highest BCUT2D eigenvalue weighted by molar-refractivity contribution is 7.89. The summed E-state index contributed by atoms with van der Waals surface area (Å²) in [6.07, 6.45) is 3.89. The van der Waals surface area contributed by atoms with E-state index in [0.29, 0.717) is 19.1 Å². The van der Waals surface area contributed by atoms with Crippen LogP contribution in [0.1, 0.15) is 25.7 Å². The first-order valence-electron chi connectivity index (χ1n) is 6.32. The summed E-state index contributed by atoms with van der Waals surface area (Å²) in [4.78, 5) is 0. The second kappa shape index (κ2) is 6.52. The normalized spacial score (nSPS) is 26.1. The van der Waals surface area contributed by atoms with Crippen LogP contribution in [0.3, 0.4) is 0 Å². The van der Waals surface area contributed by atoms with Crippen molar-refractivity contribution >= 4 is 22.4 Å². The van der Waals surface area contributed by atoms with E-state index in [1.54, 1.807) is 7.05 Å². The van der Waals surface area contributed by atoms with Crippen molar-refractivity contribution in [1.82, 2.24) is 4.31 Å². The second-order valence-corrected chi connectivity index (χ2v) is 7.14. The van der Waals surface area contributed by atoms with Gasteiger partial charge in [-0.05, 0) is 31.6 Å². The highest BCUT2D eigenvalue weighted by Gasteiger charge is 2.38. The molecule has 0 spiro atoms. The Morgan fingerprint density at radius 2 is 2.06 bits per heavy atom. The van der Waals surface area contributed by atoms with Crippen molar-refractivity contribution in [1.29, 1.82) is 0 Å². The third kappa shape index (κ3) is 3.81. The highest BCUT2D eigenvalue weighted by Crippen LogP contribution is 2.35. The maximum atomic E-state index is 12.2. The van der Waals surface area contributed by atoms with Crippen LogP contribution in [0.2, 0.25) is 0 Å².